The van der Waals surface area contributed by atoms with Crippen molar-refractivity contribution in [2.45, 2.75) is 19.9 Å². The van der Waals surface area contributed by atoms with Crippen molar-refractivity contribution in [2.24, 2.45) is 0 Å². The number of hydrogen-bond acceptors (Lipinski definition) is 6. The number of nitrogens with zero attached hydrogens (tertiary/aromatic N) is 2. The fourth-order valence-corrected chi connectivity index (χ4v) is 2.67. The molecule has 140 valence electrons. The average Bonchev–Trinajstić information content (AvgIpc) is 2.68. The van der Waals surface area contributed by atoms with Crippen molar-refractivity contribution in [1.29, 1.82) is 0 Å². The summed E-state index contributed by atoms with van der Waals surface area (Å²) in [7, 11) is 3.22. The van der Waals surface area contributed by atoms with E-state index in [1.165, 1.54) is 0 Å². The second-order valence-electron chi connectivity index (χ2n) is 6.32. The van der Waals surface area contributed by atoms with E-state index in [1.807, 2.05) is 54.6 Å². The van der Waals surface area contributed by atoms with Crippen molar-refractivity contribution in [1.82, 2.24) is 9.97 Å². The van der Waals surface area contributed by atoms with E-state index >= 15 is 0 Å². The summed E-state index contributed by atoms with van der Waals surface area (Å²) in [6.45, 7) is 4.15. The molecule has 0 aliphatic heterocycles. The van der Waals surface area contributed by atoms with Gasteiger partial charge in [-0.05, 0) is 26.0 Å². The quantitative estimate of drug-likeness (QED) is 0.632. The molecule has 0 fully saturated rings. The van der Waals surface area contributed by atoms with Crippen LogP contribution in [0.4, 0.5) is 17.5 Å². The Morgan fingerprint density at radius 1 is 0.852 bits per heavy atom. The third kappa shape index (κ3) is 4.67. The zero-order chi connectivity index (χ0) is 19.2. The van der Waals surface area contributed by atoms with E-state index < -0.39 is 0 Å². The van der Waals surface area contributed by atoms with Crippen molar-refractivity contribution in [3.8, 4) is 22.8 Å². The van der Waals surface area contributed by atoms with E-state index in [-0.39, 0.29) is 6.04 Å². The molecule has 0 saturated carbocycles. The summed E-state index contributed by atoms with van der Waals surface area (Å²) in [5.74, 6) is 2.58. The van der Waals surface area contributed by atoms with Crippen LogP contribution in [0.1, 0.15) is 13.8 Å². The molecule has 6 heteroatoms. The fraction of sp³-hybridized carbons (Fsp3) is 0.238. The highest BCUT2D eigenvalue weighted by Gasteiger charge is 2.10. The Morgan fingerprint density at radius 2 is 1.59 bits per heavy atom. The number of ether oxygens (including phenoxy) is 2. The molecule has 0 atom stereocenters. The molecular weight excluding hydrogens is 340 g/mol. The summed E-state index contributed by atoms with van der Waals surface area (Å²) in [6, 6.07) is 17.8. The van der Waals surface area contributed by atoms with Crippen LogP contribution in [0.25, 0.3) is 11.3 Å². The number of hydrogen-bond donors (Lipinski definition) is 2. The largest absolute Gasteiger partial charge is 0.493 e. The van der Waals surface area contributed by atoms with Crippen molar-refractivity contribution in [3.63, 3.8) is 0 Å². The van der Waals surface area contributed by atoms with Gasteiger partial charge in [0.2, 0.25) is 5.95 Å². The van der Waals surface area contributed by atoms with Gasteiger partial charge in [-0.3, -0.25) is 0 Å². The first-order valence-electron chi connectivity index (χ1n) is 8.79. The van der Waals surface area contributed by atoms with Crippen molar-refractivity contribution in [3.05, 3.63) is 54.6 Å². The third-order valence-corrected chi connectivity index (χ3v) is 3.87. The number of aromatic nitrogens is 2. The molecule has 0 spiro atoms. The maximum absolute atomic E-state index is 5.37. The first kappa shape index (κ1) is 18.5. The van der Waals surface area contributed by atoms with Gasteiger partial charge in [0.15, 0.2) is 11.5 Å². The molecule has 1 heterocycles. The number of rotatable bonds is 7. The topological polar surface area (TPSA) is 68.3 Å². The van der Waals surface area contributed by atoms with Crippen molar-refractivity contribution < 1.29 is 9.47 Å². The van der Waals surface area contributed by atoms with Crippen molar-refractivity contribution >= 4 is 17.5 Å². The molecule has 0 aliphatic carbocycles. The zero-order valence-corrected chi connectivity index (χ0v) is 16.0. The molecule has 0 unspecified atom stereocenters. The molecule has 3 aromatic rings. The van der Waals surface area contributed by atoms with Crippen LogP contribution in [0, 0.1) is 0 Å². The SMILES string of the molecule is COc1ccc(Nc2nc(NC(C)C)cc(-c3ccccc3)n2)cc1OC. The Morgan fingerprint density at radius 3 is 2.26 bits per heavy atom. The highest BCUT2D eigenvalue weighted by atomic mass is 16.5. The minimum atomic E-state index is 0.262. The van der Waals surface area contributed by atoms with Crippen LogP contribution in [-0.2, 0) is 0 Å². The molecule has 0 radical (unpaired) electrons. The Balaban J connectivity index is 1.96. The van der Waals surface area contributed by atoms with E-state index in [4.69, 9.17) is 9.47 Å². The molecule has 1 aromatic heterocycles. The van der Waals surface area contributed by atoms with E-state index in [0.29, 0.717) is 17.4 Å². The van der Waals surface area contributed by atoms with Crippen molar-refractivity contribution in [2.75, 3.05) is 24.9 Å². The minimum Gasteiger partial charge on any atom is -0.493 e. The van der Waals surface area contributed by atoms with Gasteiger partial charge in [0.1, 0.15) is 5.82 Å². The molecule has 6 nitrogen and oxygen atoms in total. The van der Waals surface area contributed by atoms with Crippen LogP contribution in [-0.4, -0.2) is 30.2 Å². The predicted molar refractivity (Wildman–Crippen MR) is 109 cm³/mol. The lowest BCUT2D eigenvalue weighted by molar-refractivity contribution is 0.355. The summed E-state index contributed by atoms with van der Waals surface area (Å²) in [6.07, 6.45) is 0. The van der Waals surface area contributed by atoms with Crippen LogP contribution in [0.2, 0.25) is 0 Å². The first-order chi connectivity index (χ1) is 13.1. The summed E-state index contributed by atoms with van der Waals surface area (Å²) in [4.78, 5) is 9.26. The molecule has 27 heavy (non-hydrogen) atoms. The molecule has 2 aromatic carbocycles. The van der Waals surface area contributed by atoms with E-state index in [1.54, 1.807) is 14.2 Å². The number of nitrogens with one attached hydrogen (secondary N) is 2. The lowest BCUT2D eigenvalue weighted by Gasteiger charge is -2.14. The highest BCUT2D eigenvalue weighted by molar-refractivity contribution is 5.67. The number of anilines is 3. The maximum Gasteiger partial charge on any atom is 0.229 e. The highest BCUT2D eigenvalue weighted by Crippen LogP contribution is 2.31. The van der Waals surface area contributed by atoms with E-state index in [0.717, 1.165) is 22.8 Å². The predicted octanol–water partition coefficient (Wildman–Crippen LogP) is 4.72. The third-order valence-electron chi connectivity index (χ3n) is 3.87. The molecule has 0 saturated heterocycles. The van der Waals surface area contributed by atoms with Crippen LogP contribution in [0.15, 0.2) is 54.6 Å². The molecule has 0 aliphatic rings. The van der Waals surface area contributed by atoms with Gasteiger partial charge in [-0.1, -0.05) is 30.3 Å². The summed E-state index contributed by atoms with van der Waals surface area (Å²) in [5, 5.41) is 6.60. The van der Waals surface area contributed by atoms with Gasteiger partial charge < -0.3 is 20.1 Å². The van der Waals surface area contributed by atoms with Gasteiger partial charge in [-0.2, -0.15) is 4.98 Å². The van der Waals surface area contributed by atoms with Crippen LogP contribution >= 0.6 is 0 Å². The monoisotopic (exact) mass is 364 g/mol. The van der Waals surface area contributed by atoms with E-state index in [9.17, 15) is 0 Å². The Hall–Kier alpha value is -3.28. The molecule has 3 rings (SSSR count). The molecule has 2 N–H and O–H groups in total. The van der Waals surface area contributed by atoms with Gasteiger partial charge in [0.25, 0.3) is 0 Å². The van der Waals surface area contributed by atoms with Gasteiger partial charge >= 0.3 is 0 Å². The lowest BCUT2D eigenvalue weighted by atomic mass is 10.1. The molecule has 0 bridgehead atoms. The Bertz CT molecular complexity index is 898. The Labute approximate surface area is 159 Å². The lowest BCUT2D eigenvalue weighted by Crippen LogP contribution is -2.12. The van der Waals surface area contributed by atoms with Crippen LogP contribution in [0.5, 0.6) is 11.5 Å². The standard InChI is InChI=1S/C21H24N4O2/c1-14(2)22-20-13-17(15-8-6-5-7-9-15)24-21(25-20)23-16-10-11-18(26-3)19(12-16)27-4/h5-14H,1-4H3,(H2,22,23,24,25). The first-order valence-corrected chi connectivity index (χ1v) is 8.79. The molecular formula is C21H24N4O2. The summed E-state index contributed by atoms with van der Waals surface area (Å²) in [5.41, 5.74) is 2.69. The second-order valence-corrected chi connectivity index (χ2v) is 6.32. The molecule has 0 amide bonds. The van der Waals surface area contributed by atoms with Gasteiger partial charge in [-0.25, -0.2) is 4.98 Å². The average molecular weight is 364 g/mol. The zero-order valence-electron chi connectivity index (χ0n) is 16.0. The Kier molecular flexibility index (Phi) is 5.76. The van der Waals surface area contributed by atoms with Crippen LogP contribution < -0.4 is 20.1 Å². The van der Waals surface area contributed by atoms with Gasteiger partial charge in [-0.15, -0.1) is 0 Å². The summed E-state index contributed by atoms with van der Waals surface area (Å²) < 4.78 is 10.7. The van der Waals surface area contributed by atoms with Gasteiger partial charge in [0.05, 0.1) is 19.9 Å². The second kappa shape index (κ2) is 8.40. The van der Waals surface area contributed by atoms with Crippen LogP contribution in [0.3, 0.4) is 0 Å². The summed E-state index contributed by atoms with van der Waals surface area (Å²) >= 11 is 0. The normalized spacial score (nSPS) is 10.6. The number of benzene rings is 2. The number of methoxy groups -OCH3 is 2. The smallest absolute Gasteiger partial charge is 0.229 e. The van der Waals surface area contributed by atoms with Gasteiger partial charge in [0, 0.05) is 29.4 Å². The fourth-order valence-electron chi connectivity index (χ4n) is 2.67. The maximum atomic E-state index is 5.37. The minimum absolute atomic E-state index is 0.262. The van der Waals surface area contributed by atoms with E-state index in [2.05, 4.69) is 34.4 Å².